The first kappa shape index (κ1) is 23.8. The molecule has 0 aliphatic heterocycles. The second-order valence-corrected chi connectivity index (χ2v) is 10.4. The van der Waals surface area contributed by atoms with E-state index in [0.717, 1.165) is 71.7 Å². The van der Waals surface area contributed by atoms with E-state index in [2.05, 4.69) is 71.3 Å². The fraction of sp³-hybridized carbons (Fsp3) is 0. The second kappa shape index (κ2) is 9.24. The Morgan fingerprint density at radius 2 is 1.14 bits per heavy atom. The largest absolute Gasteiger partial charge is 0.456 e. The fourth-order valence-electron chi connectivity index (χ4n) is 6.22. The average molecular weight is 536 g/mol. The van der Waals surface area contributed by atoms with E-state index in [1.807, 2.05) is 66.7 Å². The van der Waals surface area contributed by atoms with Crippen molar-refractivity contribution >= 4 is 43.7 Å². The zero-order chi connectivity index (χ0) is 28.2. The topological polar surface area (TPSA) is 65.7 Å². The summed E-state index contributed by atoms with van der Waals surface area (Å²) in [4.78, 5) is 0. The summed E-state index contributed by atoms with van der Waals surface area (Å²) >= 11 is 0. The van der Waals surface area contributed by atoms with Gasteiger partial charge in [-0.2, -0.15) is 10.5 Å². The third-order valence-electron chi connectivity index (χ3n) is 8.10. The molecule has 0 saturated heterocycles. The van der Waals surface area contributed by atoms with Crippen molar-refractivity contribution in [3.8, 4) is 40.1 Å². The molecule has 0 bridgehead atoms. The Labute approximate surface area is 241 Å². The normalized spacial score (nSPS) is 11.3. The highest BCUT2D eigenvalue weighted by Gasteiger charge is 2.21. The van der Waals surface area contributed by atoms with E-state index in [1.165, 1.54) is 0 Å². The van der Waals surface area contributed by atoms with E-state index in [9.17, 15) is 10.5 Å². The van der Waals surface area contributed by atoms with Crippen molar-refractivity contribution in [3.05, 3.63) is 139 Å². The Kier molecular flexibility index (Phi) is 5.22. The first-order valence-corrected chi connectivity index (χ1v) is 13.7. The lowest BCUT2D eigenvalue weighted by molar-refractivity contribution is 0.669. The molecule has 4 heteroatoms. The van der Waals surface area contributed by atoms with Crippen LogP contribution in [0.25, 0.3) is 71.7 Å². The van der Waals surface area contributed by atoms with E-state index in [-0.39, 0.29) is 0 Å². The predicted molar refractivity (Wildman–Crippen MR) is 168 cm³/mol. The standard InChI is InChI=1S/C38H21N3O/c39-22-27-16-18-35(41-33-13-4-1-10-28(33)29-11-2-5-14-34(29)41)38(32(27)23-40)26-9-7-8-24(20-26)25-17-19-37-31(21-25)30-12-3-6-15-36(30)42-37/h1-21H. The molecule has 0 amide bonds. The summed E-state index contributed by atoms with van der Waals surface area (Å²) in [6.45, 7) is 0. The molecule has 8 aromatic rings. The van der Waals surface area contributed by atoms with Crippen LogP contribution in [0.4, 0.5) is 0 Å². The zero-order valence-electron chi connectivity index (χ0n) is 22.4. The van der Waals surface area contributed by atoms with Crippen LogP contribution in [0.5, 0.6) is 0 Å². The molecule has 0 saturated carbocycles. The number of nitrogens with zero attached hydrogens (tertiary/aromatic N) is 3. The van der Waals surface area contributed by atoms with Gasteiger partial charge in [-0.25, -0.2) is 0 Å². The van der Waals surface area contributed by atoms with E-state index < -0.39 is 0 Å². The Morgan fingerprint density at radius 1 is 0.500 bits per heavy atom. The number of furan rings is 1. The maximum atomic E-state index is 10.4. The zero-order valence-corrected chi connectivity index (χ0v) is 22.4. The molecular formula is C38H21N3O. The predicted octanol–water partition coefficient (Wildman–Crippen LogP) is 9.76. The number of hydrogen-bond donors (Lipinski definition) is 0. The number of fused-ring (bicyclic) bond motifs is 6. The van der Waals surface area contributed by atoms with Gasteiger partial charge in [-0.1, -0.05) is 78.9 Å². The molecule has 6 aromatic carbocycles. The van der Waals surface area contributed by atoms with Crippen molar-refractivity contribution in [1.29, 1.82) is 10.5 Å². The molecule has 0 aliphatic rings. The van der Waals surface area contributed by atoms with Crippen LogP contribution in [0.3, 0.4) is 0 Å². The molecule has 0 spiro atoms. The first-order chi connectivity index (χ1) is 20.7. The minimum absolute atomic E-state index is 0.355. The Bertz CT molecular complexity index is 2390. The van der Waals surface area contributed by atoms with Crippen LogP contribution in [0.15, 0.2) is 132 Å². The lowest BCUT2D eigenvalue weighted by Gasteiger charge is -2.17. The van der Waals surface area contributed by atoms with Gasteiger partial charge in [0.2, 0.25) is 0 Å². The number of para-hydroxylation sites is 3. The fourth-order valence-corrected chi connectivity index (χ4v) is 6.22. The van der Waals surface area contributed by atoms with E-state index in [1.54, 1.807) is 6.07 Å². The van der Waals surface area contributed by atoms with Crippen LogP contribution >= 0.6 is 0 Å². The molecule has 2 heterocycles. The summed E-state index contributed by atoms with van der Waals surface area (Å²) in [6, 6.07) is 47.4. The van der Waals surface area contributed by atoms with Crippen LogP contribution < -0.4 is 0 Å². The van der Waals surface area contributed by atoms with Gasteiger partial charge in [0.05, 0.1) is 27.8 Å². The van der Waals surface area contributed by atoms with Crippen LogP contribution in [0, 0.1) is 22.7 Å². The summed E-state index contributed by atoms with van der Waals surface area (Å²) < 4.78 is 8.26. The Morgan fingerprint density at radius 3 is 1.88 bits per heavy atom. The van der Waals surface area contributed by atoms with Crippen LogP contribution in [-0.2, 0) is 0 Å². The van der Waals surface area contributed by atoms with Gasteiger partial charge in [0.1, 0.15) is 23.3 Å². The van der Waals surface area contributed by atoms with Crippen LogP contribution in [0.1, 0.15) is 11.1 Å². The summed E-state index contributed by atoms with van der Waals surface area (Å²) in [5.41, 5.74) is 9.04. The highest BCUT2D eigenvalue weighted by atomic mass is 16.3. The maximum Gasteiger partial charge on any atom is 0.135 e. The number of hydrogen-bond acceptors (Lipinski definition) is 3. The SMILES string of the molecule is N#Cc1ccc(-n2c3ccccc3c3ccccc32)c(-c2cccc(-c3ccc4oc5ccccc5c4c3)c2)c1C#N. The summed E-state index contributed by atoms with van der Waals surface area (Å²) in [6.07, 6.45) is 0. The molecule has 0 radical (unpaired) electrons. The lowest BCUT2D eigenvalue weighted by atomic mass is 9.92. The van der Waals surface area contributed by atoms with Crippen LogP contribution in [0.2, 0.25) is 0 Å². The smallest absolute Gasteiger partial charge is 0.135 e. The molecule has 0 aliphatic carbocycles. The van der Waals surface area contributed by atoms with Gasteiger partial charge >= 0.3 is 0 Å². The quantitative estimate of drug-likeness (QED) is 0.226. The molecule has 0 unspecified atom stereocenters. The molecule has 0 fully saturated rings. The van der Waals surface area contributed by atoms with Crippen molar-refractivity contribution in [2.75, 3.05) is 0 Å². The molecule has 0 atom stereocenters. The summed E-state index contributed by atoms with van der Waals surface area (Å²) in [5.74, 6) is 0. The summed E-state index contributed by atoms with van der Waals surface area (Å²) in [7, 11) is 0. The van der Waals surface area contributed by atoms with E-state index in [4.69, 9.17) is 4.42 Å². The van der Waals surface area contributed by atoms with Gasteiger partial charge < -0.3 is 8.98 Å². The number of benzene rings is 6. The average Bonchev–Trinajstić information content (AvgIpc) is 3.59. The van der Waals surface area contributed by atoms with Gasteiger partial charge in [-0.15, -0.1) is 0 Å². The van der Waals surface area contributed by atoms with E-state index in [0.29, 0.717) is 11.1 Å². The Hall–Kier alpha value is -6.10. The van der Waals surface area contributed by atoms with Crippen molar-refractivity contribution in [2.24, 2.45) is 0 Å². The lowest BCUT2D eigenvalue weighted by Crippen LogP contribution is -2.01. The molecule has 0 N–H and O–H groups in total. The number of nitriles is 2. The first-order valence-electron chi connectivity index (χ1n) is 13.7. The van der Waals surface area contributed by atoms with Gasteiger partial charge in [0, 0.05) is 27.1 Å². The van der Waals surface area contributed by atoms with Crippen molar-refractivity contribution in [3.63, 3.8) is 0 Å². The molecule has 4 nitrogen and oxygen atoms in total. The van der Waals surface area contributed by atoms with Crippen molar-refractivity contribution < 1.29 is 4.42 Å². The molecular weight excluding hydrogens is 514 g/mol. The van der Waals surface area contributed by atoms with Gasteiger partial charge in [0.25, 0.3) is 0 Å². The number of aromatic nitrogens is 1. The summed E-state index contributed by atoms with van der Waals surface area (Å²) in [5, 5.41) is 24.8. The number of rotatable bonds is 3. The van der Waals surface area contributed by atoms with Gasteiger partial charge in [0.15, 0.2) is 0 Å². The molecule has 2 aromatic heterocycles. The minimum Gasteiger partial charge on any atom is -0.456 e. The molecule has 42 heavy (non-hydrogen) atoms. The second-order valence-electron chi connectivity index (χ2n) is 10.4. The van der Waals surface area contributed by atoms with Crippen LogP contribution in [-0.4, -0.2) is 4.57 Å². The maximum absolute atomic E-state index is 10.4. The minimum atomic E-state index is 0.355. The molecule has 8 rings (SSSR count). The highest BCUT2D eigenvalue weighted by Crippen LogP contribution is 2.40. The van der Waals surface area contributed by atoms with Gasteiger partial charge in [-0.05, 0) is 65.2 Å². The van der Waals surface area contributed by atoms with Crippen molar-refractivity contribution in [2.45, 2.75) is 0 Å². The Balaban J connectivity index is 1.40. The molecule has 194 valence electrons. The monoisotopic (exact) mass is 535 g/mol. The highest BCUT2D eigenvalue weighted by molar-refractivity contribution is 6.10. The third-order valence-corrected chi connectivity index (χ3v) is 8.10. The van der Waals surface area contributed by atoms with Crippen molar-refractivity contribution in [1.82, 2.24) is 4.57 Å². The van der Waals surface area contributed by atoms with Gasteiger partial charge in [-0.3, -0.25) is 0 Å². The van der Waals surface area contributed by atoms with E-state index >= 15 is 0 Å². The third kappa shape index (κ3) is 3.47.